The highest BCUT2D eigenvalue weighted by molar-refractivity contribution is 7.89. The molecule has 0 saturated carbocycles. The van der Waals surface area contributed by atoms with Crippen molar-refractivity contribution in [2.75, 3.05) is 20.2 Å². The van der Waals surface area contributed by atoms with Crippen molar-refractivity contribution >= 4 is 10.0 Å². The van der Waals surface area contributed by atoms with E-state index in [-0.39, 0.29) is 11.4 Å². The Morgan fingerprint density at radius 1 is 1.40 bits per heavy atom. The van der Waals surface area contributed by atoms with Gasteiger partial charge in [-0.1, -0.05) is 6.92 Å². The maximum absolute atomic E-state index is 12.3. The van der Waals surface area contributed by atoms with Gasteiger partial charge in [0.2, 0.25) is 10.0 Å². The van der Waals surface area contributed by atoms with Gasteiger partial charge < -0.3 is 14.5 Å². The number of methoxy groups -OCH3 is 1. The molecule has 2 N–H and O–H groups in total. The van der Waals surface area contributed by atoms with E-state index in [0.717, 1.165) is 6.54 Å². The van der Waals surface area contributed by atoms with Gasteiger partial charge in [0.15, 0.2) is 0 Å². The van der Waals surface area contributed by atoms with Crippen molar-refractivity contribution < 1.29 is 17.6 Å². The molecule has 0 aliphatic rings. The molecule has 0 saturated heterocycles. The van der Waals surface area contributed by atoms with Crippen LogP contribution in [0.2, 0.25) is 0 Å². The molecule has 7 heteroatoms. The summed E-state index contributed by atoms with van der Waals surface area (Å²) in [4.78, 5) is 0.178. The van der Waals surface area contributed by atoms with Crippen LogP contribution < -0.4 is 10.0 Å². The van der Waals surface area contributed by atoms with Crippen molar-refractivity contribution in [1.29, 1.82) is 0 Å². The topological polar surface area (TPSA) is 80.6 Å². The first-order chi connectivity index (χ1) is 9.22. The monoisotopic (exact) mass is 304 g/mol. The van der Waals surface area contributed by atoms with Crippen LogP contribution in [0, 0.1) is 6.92 Å². The number of hydrogen-bond donors (Lipinski definition) is 2. The Morgan fingerprint density at radius 2 is 2.05 bits per heavy atom. The Hall–Kier alpha value is -0.890. The summed E-state index contributed by atoms with van der Waals surface area (Å²) < 4.78 is 37.7. The van der Waals surface area contributed by atoms with Gasteiger partial charge in [0.25, 0.3) is 0 Å². The van der Waals surface area contributed by atoms with Crippen LogP contribution in [-0.2, 0) is 21.3 Å². The lowest BCUT2D eigenvalue weighted by Gasteiger charge is -2.22. The van der Waals surface area contributed by atoms with Crippen LogP contribution in [0.5, 0.6) is 0 Å². The molecule has 0 unspecified atom stereocenters. The molecule has 6 nitrogen and oxygen atoms in total. The van der Waals surface area contributed by atoms with E-state index >= 15 is 0 Å². The van der Waals surface area contributed by atoms with Crippen molar-refractivity contribution in [3.05, 3.63) is 17.6 Å². The van der Waals surface area contributed by atoms with Gasteiger partial charge in [-0.2, -0.15) is 0 Å². The van der Waals surface area contributed by atoms with Crippen molar-refractivity contribution in [2.45, 2.75) is 44.7 Å². The third kappa shape index (κ3) is 4.59. The molecule has 0 atom stereocenters. The number of nitrogens with one attached hydrogen (secondary N) is 2. The molecule has 1 aromatic heterocycles. The largest absolute Gasteiger partial charge is 0.464 e. The average molecular weight is 304 g/mol. The summed E-state index contributed by atoms with van der Waals surface area (Å²) >= 11 is 0. The normalized spacial score (nSPS) is 12.8. The van der Waals surface area contributed by atoms with Crippen LogP contribution in [0.3, 0.4) is 0 Å². The van der Waals surface area contributed by atoms with E-state index in [4.69, 9.17) is 9.15 Å². The Bertz CT molecular complexity index is 535. The van der Waals surface area contributed by atoms with Gasteiger partial charge in [-0.3, -0.25) is 0 Å². The molecule has 116 valence electrons. The van der Waals surface area contributed by atoms with E-state index in [1.807, 2.05) is 20.8 Å². The summed E-state index contributed by atoms with van der Waals surface area (Å²) in [6.07, 6.45) is 0. The first kappa shape index (κ1) is 17.2. The van der Waals surface area contributed by atoms with Gasteiger partial charge in [-0.15, -0.1) is 0 Å². The predicted molar refractivity (Wildman–Crippen MR) is 77.1 cm³/mol. The molecule has 0 aliphatic heterocycles. The van der Waals surface area contributed by atoms with Gasteiger partial charge in [0.1, 0.15) is 16.4 Å². The SMILES string of the molecule is CCNCc1cc(S(=O)(=O)NCC(C)(C)OC)c(C)o1. The minimum atomic E-state index is -3.59. The quantitative estimate of drug-likeness (QED) is 0.759. The summed E-state index contributed by atoms with van der Waals surface area (Å²) in [7, 11) is -2.04. The van der Waals surface area contributed by atoms with Gasteiger partial charge in [-0.25, -0.2) is 13.1 Å². The van der Waals surface area contributed by atoms with Gasteiger partial charge in [0.05, 0.1) is 12.1 Å². The first-order valence-corrected chi connectivity index (χ1v) is 8.05. The average Bonchev–Trinajstić information content (AvgIpc) is 2.76. The number of hydrogen-bond acceptors (Lipinski definition) is 5. The molecule has 0 aromatic carbocycles. The zero-order chi connectivity index (χ0) is 15.4. The van der Waals surface area contributed by atoms with Crippen LogP contribution in [0.15, 0.2) is 15.4 Å². The summed E-state index contributed by atoms with van der Waals surface area (Å²) in [6, 6.07) is 1.56. The Balaban J connectivity index is 2.84. The van der Waals surface area contributed by atoms with Gasteiger partial charge >= 0.3 is 0 Å². The summed E-state index contributed by atoms with van der Waals surface area (Å²) in [5.41, 5.74) is -0.558. The number of aryl methyl sites for hydroxylation is 1. The van der Waals surface area contributed by atoms with Crippen molar-refractivity contribution in [1.82, 2.24) is 10.0 Å². The molecule has 0 aliphatic carbocycles. The second-order valence-corrected chi connectivity index (χ2v) is 6.94. The molecule has 0 radical (unpaired) electrons. The molecule has 1 aromatic rings. The zero-order valence-electron chi connectivity index (χ0n) is 12.7. The fraction of sp³-hybridized carbons (Fsp3) is 0.692. The standard InChI is InChI=1S/C13H24N2O4S/c1-6-14-8-11-7-12(10(2)19-11)20(16,17)15-9-13(3,4)18-5/h7,14-15H,6,8-9H2,1-5H3. The molecule has 20 heavy (non-hydrogen) atoms. The second kappa shape index (κ2) is 6.71. The summed E-state index contributed by atoms with van der Waals surface area (Å²) in [5.74, 6) is 0.997. The van der Waals surface area contributed by atoms with Crippen molar-refractivity contribution in [3.63, 3.8) is 0 Å². The minimum Gasteiger partial charge on any atom is -0.464 e. The van der Waals surface area contributed by atoms with E-state index < -0.39 is 15.6 Å². The molecule has 1 rings (SSSR count). The highest BCUT2D eigenvalue weighted by atomic mass is 32.2. The molecular weight excluding hydrogens is 280 g/mol. The minimum absolute atomic E-state index is 0.178. The maximum Gasteiger partial charge on any atom is 0.244 e. The summed E-state index contributed by atoms with van der Waals surface area (Å²) in [5, 5.41) is 3.09. The van der Waals surface area contributed by atoms with E-state index in [0.29, 0.717) is 18.1 Å². The molecule has 0 spiro atoms. The fourth-order valence-corrected chi connectivity index (χ4v) is 2.94. The highest BCUT2D eigenvalue weighted by Gasteiger charge is 2.25. The number of ether oxygens (including phenoxy) is 1. The molecule has 0 fully saturated rings. The van der Waals surface area contributed by atoms with Crippen LogP contribution >= 0.6 is 0 Å². The lowest BCUT2D eigenvalue weighted by atomic mass is 10.1. The van der Waals surface area contributed by atoms with Crippen molar-refractivity contribution in [2.24, 2.45) is 0 Å². The van der Waals surface area contributed by atoms with Gasteiger partial charge in [-0.05, 0) is 27.3 Å². The summed E-state index contributed by atoms with van der Waals surface area (Å²) in [6.45, 7) is 8.74. The van der Waals surface area contributed by atoms with E-state index in [1.165, 1.54) is 0 Å². The van der Waals surface area contributed by atoms with Crippen LogP contribution in [-0.4, -0.2) is 34.2 Å². The molecule has 0 bridgehead atoms. The maximum atomic E-state index is 12.3. The third-order valence-electron chi connectivity index (χ3n) is 3.00. The third-order valence-corrected chi connectivity index (χ3v) is 4.51. The second-order valence-electron chi connectivity index (χ2n) is 5.20. The van der Waals surface area contributed by atoms with Gasteiger partial charge in [0, 0.05) is 19.7 Å². The molecular formula is C13H24N2O4S. The van der Waals surface area contributed by atoms with Crippen molar-refractivity contribution in [3.8, 4) is 0 Å². The number of furan rings is 1. The van der Waals surface area contributed by atoms with Crippen LogP contribution in [0.1, 0.15) is 32.3 Å². The van der Waals surface area contributed by atoms with Crippen LogP contribution in [0.25, 0.3) is 0 Å². The van der Waals surface area contributed by atoms with E-state index in [2.05, 4.69) is 10.0 Å². The highest BCUT2D eigenvalue weighted by Crippen LogP contribution is 2.20. The zero-order valence-corrected chi connectivity index (χ0v) is 13.6. The number of sulfonamides is 1. The molecule has 0 amide bonds. The van der Waals surface area contributed by atoms with E-state index in [9.17, 15) is 8.42 Å². The van der Waals surface area contributed by atoms with E-state index in [1.54, 1.807) is 20.1 Å². The Labute approximate surface area is 120 Å². The van der Waals surface area contributed by atoms with Crippen LogP contribution in [0.4, 0.5) is 0 Å². The smallest absolute Gasteiger partial charge is 0.244 e. The first-order valence-electron chi connectivity index (χ1n) is 6.56. The predicted octanol–water partition coefficient (Wildman–Crippen LogP) is 1.40. The lowest BCUT2D eigenvalue weighted by Crippen LogP contribution is -2.39. The fourth-order valence-electron chi connectivity index (χ4n) is 1.55. The Morgan fingerprint density at radius 3 is 2.60 bits per heavy atom. The molecule has 1 heterocycles. The Kier molecular flexibility index (Phi) is 5.76. The number of rotatable bonds is 8. The lowest BCUT2D eigenvalue weighted by molar-refractivity contribution is 0.0276.